The molecule has 5 nitrogen and oxygen atoms in total. The number of nitrogens with zero attached hydrogens (tertiary/aromatic N) is 4. The van der Waals surface area contributed by atoms with Crippen molar-refractivity contribution in [1.82, 2.24) is 20.4 Å². The number of halogens is 2. The van der Waals surface area contributed by atoms with Crippen molar-refractivity contribution in [2.24, 2.45) is 0 Å². The Morgan fingerprint density at radius 3 is 2.86 bits per heavy atom. The fourth-order valence-corrected chi connectivity index (χ4v) is 3.38. The first-order chi connectivity index (χ1) is 10.6. The largest absolute Gasteiger partial charge is 0.234 e. The highest BCUT2D eigenvalue weighted by molar-refractivity contribution is 9.10. The molecule has 110 valence electrons. The summed E-state index contributed by atoms with van der Waals surface area (Å²) in [6.07, 6.45) is 0.757. The van der Waals surface area contributed by atoms with Crippen LogP contribution in [-0.2, 0) is 6.42 Å². The SMILES string of the molecule is CCc1sc(-c2ccc(F)c(Br)c2)nc1-c1n[nH]nc1C#N. The molecule has 0 aliphatic heterocycles. The molecule has 0 atom stereocenters. The topological polar surface area (TPSA) is 78.2 Å². The lowest BCUT2D eigenvalue weighted by Gasteiger charge is -1.98. The monoisotopic (exact) mass is 377 g/mol. The summed E-state index contributed by atoms with van der Waals surface area (Å²) < 4.78 is 13.8. The van der Waals surface area contributed by atoms with Gasteiger partial charge in [0.25, 0.3) is 0 Å². The molecule has 0 aliphatic rings. The molecular weight excluding hydrogens is 369 g/mol. The normalized spacial score (nSPS) is 10.6. The van der Waals surface area contributed by atoms with Crippen molar-refractivity contribution in [3.63, 3.8) is 0 Å². The first-order valence-corrected chi connectivity index (χ1v) is 8.01. The van der Waals surface area contributed by atoms with E-state index >= 15 is 0 Å². The summed E-state index contributed by atoms with van der Waals surface area (Å²) in [5, 5.41) is 20.1. The van der Waals surface area contributed by atoms with E-state index in [2.05, 4.69) is 36.3 Å². The highest BCUT2D eigenvalue weighted by atomic mass is 79.9. The number of nitrogens with one attached hydrogen (secondary N) is 1. The smallest absolute Gasteiger partial charge is 0.192 e. The van der Waals surface area contributed by atoms with Gasteiger partial charge in [0.1, 0.15) is 22.6 Å². The lowest BCUT2D eigenvalue weighted by atomic mass is 10.2. The summed E-state index contributed by atoms with van der Waals surface area (Å²) in [5.74, 6) is -0.320. The molecule has 2 aromatic heterocycles. The Hall–Kier alpha value is -2.11. The number of H-pyrrole nitrogens is 1. The zero-order valence-electron chi connectivity index (χ0n) is 11.4. The van der Waals surface area contributed by atoms with Gasteiger partial charge in [-0.25, -0.2) is 9.37 Å². The Morgan fingerprint density at radius 1 is 1.36 bits per heavy atom. The van der Waals surface area contributed by atoms with Crippen LogP contribution in [-0.4, -0.2) is 20.4 Å². The Morgan fingerprint density at radius 2 is 2.18 bits per heavy atom. The third kappa shape index (κ3) is 2.53. The molecule has 1 aromatic carbocycles. The maximum Gasteiger partial charge on any atom is 0.192 e. The maximum atomic E-state index is 13.4. The predicted octanol–water partition coefficient (Wildman–Crippen LogP) is 3.93. The highest BCUT2D eigenvalue weighted by Gasteiger charge is 2.19. The number of benzene rings is 1. The number of aromatic amines is 1. The second-order valence-electron chi connectivity index (χ2n) is 4.41. The zero-order valence-corrected chi connectivity index (χ0v) is 13.8. The van der Waals surface area contributed by atoms with Gasteiger partial charge in [0, 0.05) is 10.4 Å². The van der Waals surface area contributed by atoms with Crippen LogP contribution in [0.5, 0.6) is 0 Å². The molecule has 0 spiro atoms. The van der Waals surface area contributed by atoms with E-state index in [1.165, 1.54) is 17.4 Å². The molecule has 3 rings (SSSR count). The summed E-state index contributed by atoms with van der Waals surface area (Å²) in [7, 11) is 0. The predicted molar refractivity (Wildman–Crippen MR) is 84.7 cm³/mol. The van der Waals surface area contributed by atoms with Gasteiger partial charge in [-0.05, 0) is 40.5 Å². The summed E-state index contributed by atoms with van der Waals surface area (Å²) in [6.45, 7) is 2.01. The first-order valence-electron chi connectivity index (χ1n) is 6.40. The minimum absolute atomic E-state index is 0.215. The fraction of sp³-hybridized carbons (Fsp3) is 0.143. The number of hydrogen-bond donors (Lipinski definition) is 1. The molecule has 0 saturated carbocycles. The van der Waals surface area contributed by atoms with Crippen LogP contribution >= 0.6 is 27.3 Å². The summed E-state index contributed by atoms with van der Waals surface area (Å²) in [5.41, 5.74) is 2.12. The van der Waals surface area contributed by atoms with Crippen molar-refractivity contribution in [2.45, 2.75) is 13.3 Å². The van der Waals surface area contributed by atoms with Crippen LogP contribution in [0.2, 0.25) is 0 Å². The van der Waals surface area contributed by atoms with Crippen molar-refractivity contribution < 1.29 is 4.39 Å². The molecule has 0 saturated heterocycles. The second kappa shape index (κ2) is 5.94. The highest BCUT2D eigenvalue weighted by Crippen LogP contribution is 2.35. The molecule has 0 bridgehead atoms. The van der Waals surface area contributed by atoms with E-state index in [0.717, 1.165) is 21.9 Å². The quantitative estimate of drug-likeness (QED) is 0.749. The standard InChI is InChI=1S/C14H9BrFN5S/c1-2-11-13(12-10(6-17)19-21-20-12)18-14(22-11)7-3-4-9(16)8(15)5-7/h3-5H,2H2,1H3,(H,19,20,21). The van der Waals surface area contributed by atoms with Gasteiger partial charge in [-0.3, -0.25) is 0 Å². The van der Waals surface area contributed by atoms with Gasteiger partial charge in [0.05, 0.1) is 4.47 Å². The van der Waals surface area contributed by atoms with Crippen molar-refractivity contribution in [3.05, 3.63) is 39.1 Å². The van der Waals surface area contributed by atoms with Gasteiger partial charge in [-0.15, -0.1) is 16.4 Å². The van der Waals surface area contributed by atoms with Gasteiger partial charge in [0.2, 0.25) is 0 Å². The molecule has 0 amide bonds. The third-order valence-electron chi connectivity index (χ3n) is 3.06. The number of aromatic nitrogens is 4. The van der Waals surface area contributed by atoms with E-state index in [-0.39, 0.29) is 11.5 Å². The van der Waals surface area contributed by atoms with E-state index in [0.29, 0.717) is 15.9 Å². The number of thiazole rings is 1. The van der Waals surface area contributed by atoms with E-state index in [1.54, 1.807) is 12.1 Å². The molecule has 2 heterocycles. The first kappa shape index (κ1) is 14.8. The minimum atomic E-state index is -0.320. The van der Waals surface area contributed by atoms with Crippen LogP contribution in [0.15, 0.2) is 22.7 Å². The average Bonchev–Trinajstić information content (AvgIpc) is 3.15. The van der Waals surface area contributed by atoms with E-state index < -0.39 is 0 Å². The summed E-state index contributed by atoms with van der Waals surface area (Å²) in [6, 6.07) is 6.75. The van der Waals surface area contributed by atoms with Crippen molar-refractivity contribution in [3.8, 4) is 28.0 Å². The van der Waals surface area contributed by atoms with Gasteiger partial charge in [-0.1, -0.05) is 6.92 Å². The molecule has 8 heteroatoms. The van der Waals surface area contributed by atoms with Crippen molar-refractivity contribution >= 4 is 27.3 Å². The molecule has 0 fully saturated rings. The molecule has 0 radical (unpaired) electrons. The van der Waals surface area contributed by atoms with Crippen LogP contribution in [0.25, 0.3) is 22.0 Å². The molecular formula is C14H9BrFN5S. The van der Waals surface area contributed by atoms with Crippen LogP contribution in [0.3, 0.4) is 0 Å². The summed E-state index contributed by atoms with van der Waals surface area (Å²) >= 11 is 4.68. The Labute approximate surface area is 138 Å². The zero-order chi connectivity index (χ0) is 15.7. The second-order valence-corrected chi connectivity index (χ2v) is 6.34. The number of rotatable bonds is 3. The van der Waals surface area contributed by atoms with Crippen molar-refractivity contribution in [1.29, 1.82) is 5.26 Å². The minimum Gasteiger partial charge on any atom is -0.234 e. The molecule has 3 aromatic rings. The summed E-state index contributed by atoms with van der Waals surface area (Å²) in [4.78, 5) is 5.58. The van der Waals surface area contributed by atoms with Crippen LogP contribution < -0.4 is 0 Å². The number of nitriles is 1. The van der Waals surface area contributed by atoms with Crippen LogP contribution in [0, 0.1) is 17.1 Å². The van der Waals surface area contributed by atoms with Gasteiger partial charge in [-0.2, -0.15) is 15.6 Å². The Balaban J connectivity index is 2.13. The number of hydrogen-bond acceptors (Lipinski definition) is 5. The lowest BCUT2D eigenvalue weighted by Crippen LogP contribution is -1.88. The third-order valence-corrected chi connectivity index (χ3v) is 4.92. The molecule has 22 heavy (non-hydrogen) atoms. The molecule has 1 N–H and O–H groups in total. The average molecular weight is 378 g/mol. The maximum absolute atomic E-state index is 13.4. The van der Waals surface area contributed by atoms with Crippen LogP contribution in [0.1, 0.15) is 17.5 Å². The lowest BCUT2D eigenvalue weighted by molar-refractivity contribution is 0.621. The van der Waals surface area contributed by atoms with Gasteiger partial charge < -0.3 is 0 Å². The van der Waals surface area contributed by atoms with E-state index in [1.807, 2.05) is 13.0 Å². The number of aryl methyl sites for hydroxylation is 1. The van der Waals surface area contributed by atoms with Gasteiger partial charge in [0.15, 0.2) is 11.4 Å². The van der Waals surface area contributed by atoms with Gasteiger partial charge >= 0.3 is 0 Å². The van der Waals surface area contributed by atoms with E-state index in [4.69, 9.17) is 5.26 Å². The molecule has 0 unspecified atom stereocenters. The Bertz CT molecular complexity index is 880. The van der Waals surface area contributed by atoms with Crippen LogP contribution in [0.4, 0.5) is 4.39 Å². The van der Waals surface area contributed by atoms with Crippen molar-refractivity contribution in [2.75, 3.05) is 0 Å². The Kier molecular flexibility index (Phi) is 4.00. The fourth-order valence-electron chi connectivity index (χ4n) is 2.00. The molecule has 0 aliphatic carbocycles. The van der Waals surface area contributed by atoms with E-state index in [9.17, 15) is 4.39 Å².